The molecule has 2 aromatic rings. The van der Waals surface area contributed by atoms with Crippen LogP contribution in [0.25, 0.3) is 0 Å². The lowest BCUT2D eigenvalue weighted by Crippen LogP contribution is -2.00. The molecule has 0 unspecified atom stereocenters. The number of anilines is 1. The topological polar surface area (TPSA) is 34.1 Å². The molecule has 1 aromatic carbocycles. The van der Waals surface area contributed by atoms with Gasteiger partial charge in [-0.1, -0.05) is 36.4 Å². The fraction of sp³-hybridized carbons (Fsp3) is 0.133. The highest BCUT2D eigenvalue weighted by atomic mass is 35.5. The van der Waals surface area contributed by atoms with E-state index >= 15 is 0 Å². The molecular formula is C15H15ClN2O. The van der Waals surface area contributed by atoms with Gasteiger partial charge in [-0.05, 0) is 29.8 Å². The Balaban J connectivity index is 1.89. The number of rotatable bonds is 6. The number of nitrogens with zero attached hydrogens (tertiary/aromatic N) is 1. The molecule has 0 spiro atoms. The number of pyridine rings is 1. The van der Waals surface area contributed by atoms with Gasteiger partial charge >= 0.3 is 0 Å². The van der Waals surface area contributed by atoms with E-state index in [9.17, 15) is 0 Å². The minimum absolute atomic E-state index is 0.495. The monoisotopic (exact) mass is 274 g/mol. The number of benzene rings is 1. The summed E-state index contributed by atoms with van der Waals surface area (Å²) < 4.78 is 5.42. The Bertz CT molecular complexity index is 523. The fourth-order valence-corrected chi connectivity index (χ4v) is 1.65. The van der Waals surface area contributed by atoms with E-state index in [0.717, 1.165) is 18.0 Å². The van der Waals surface area contributed by atoms with Gasteiger partial charge in [0.15, 0.2) is 0 Å². The summed E-state index contributed by atoms with van der Waals surface area (Å²) in [5.74, 6) is 0.844. The molecule has 4 heteroatoms. The number of halogens is 1. The SMILES string of the molecule is C=CCOc1ccc(CNc2ccc(Cl)nc2)cc1. The summed E-state index contributed by atoms with van der Waals surface area (Å²) in [4.78, 5) is 4.01. The van der Waals surface area contributed by atoms with Crippen molar-refractivity contribution in [3.05, 3.63) is 66.0 Å². The van der Waals surface area contributed by atoms with Gasteiger partial charge in [-0.25, -0.2) is 4.98 Å². The van der Waals surface area contributed by atoms with E-state index in [4.69, 9.17) is 16.3 Å². The number of hydrogen-bond acceptors (Lipinski definition) is 3. The van der Waals surface area contributed by atoms with Crippen molar-refractivity contribution in [1.82, 2.24) is 4.98 Å². The Morgan fingerprint density at radius 1 is 1.21 bits per heavy atom. The second-order valence-electron chi connectivity index (χ2n) is 3.97. The summed E-state index contributed by atoms with van der Waals surface area (Å²) >= 11 is 5.73. The van der Waals surface area contributed by atoms with Gasteiger partial charge in [-0.3, -0.25) is 0 Å². The van der Waals surface area contributed by atoms with Gasteiger partial charge in [-0.15, -0.1) is 0 Å². The van der Waals surface area contributed by atoms with Crippen molar-refractivity contribution in [2.75, 3.05) is 11.9 Å². The minimum Gasteiger partial charge on any atom is -0.490 e. The molecule has 0 radical (unpaired) electrons. The van der Waals surface area contributed by atoms with E-state index < -0.39 is 0 Å². The molecule has 0 atom stereocenters. The van der Waals surface area contributed by atoms with Gasteiger partial charge in [-0.2, -0.15) is 0 Å². The third kappa shape index (κ3) is 4.30. The highest BCUT2D eigenvalue weighted by Gasteiger charge is 1.97. The molecule has 1 N–H and O–H groups in total. The lowest BCUT2D eigenvalue weighted by molar-refractivity contribution is 0.363. The Kier molecular flexibility index (Phi) is 4.81. The zero-order valence-electron chi connectivity index (χ0n) is 10.5. The maximum atomic E-state index is 5.73. The molecule has 98 valence electrons. The molecule has 0 saturated heterocycles. The highest BCUT2D eigenvalue weighted by Crippen LogP contribution is 2.14. The predicted molar refractivity (Wildman–Crippen MR) is 78.7 cm³/mol. The van der Waals surface area contributed by atoms with Crippen molar-refractivity contribution >= 4 is 17.3 Å². The van der Waals surface area contributed by atoms with Crippen LogP contribution < -0.4 is 10.1 Å². The smallest absolute Gasteiger partial charge is 0.129 e. The summed E-state index contributed by atoms with van der Waals surface area (Å²) in [5, 5.41) is 3.77. The van der Waals surface area contributed by atoms with Crippen LogP contribution in [0.2, 0.25) is 5.15 Å². The second kappa shape index (κ2) is 6.81. The first kappa shape index (κ1) is 13.4. The average Bonchev–Trinajstić information content (AvgIpc) is 2.46. The zero-order chi connectivity index (χ0) is 13.5. The number of aromatic nitrogens is 1. The zero-order valence-corrected chi connectivity index (χ0v) is 11.2. The molecule has 2 rings (SSSR count). The van der Waals surface area contributed by atoms with Gasteiger partial charge < -0.3 is 10.1 Å². The quantitative estimate of drug-likeness (QED) is 0.640. The van der Waals surface area contributed by atoms with Crippen LogP contribution in [0, 0.1) is 0 Å². The Labute approximate surface area is 117 Å². The lowest BCUT2D eigenvalue weighted by Gasteiger charge is -2.07. The van der Waals surface area contributed by atoms with Crippen LogP contribution in [0.1, 0.15) is 5.56 Å². The van der Waals surface area contributed by atoms with Crippen LogP contribution in [-0.2, 0) is 6.54 Å². The van der Waals surface area contributed by atoms with Crippen LogP contribution in [0.4, 0.5) is 5.69 Å². The van der Waals surface area contributed by atoms with Crippen molar-refractivity contribution < 1.29 is 4.74 Å². The second-order valence-corrected chi connectivity index (χ2v) is 4.35. The molecule has 3 nitrogen and oxygen atoms in total. The standard InChI is InChI=1S/C15H15ClN2O/c1-2-9-19-14-6-3-12(4-7-14)10-17-13-5-8-15(16)18-11-13/h2-8,11,17H,1,9-10H2. The van der Waals surface area contributed by atoms with Gasteiger partial charge in [0.1, 0.15) is 17.5 Å². The Hall–Kier alpha value is -2.00. The third-order valence-corrected chi connectivity index (χ3v) is 2.74. The Morgan fingerprint density at radius 2 is 2.00 bits per heavy atom. The molecule has 0 aliphatic heterocycles. The first-order valence-corrected chi connectivity index (χ1v) is 6.34. The van der Waals surface area contributed by atoms with Crippen LogP contribution in [0.15, 0.2) is 55.3 Å². The maximum absolute atomic E-state index is 5.73. The van der Waals surface area contributed by atoms with Gasteiger partial charge in [0.2, 0.25) is 0 Å². The van der Waals surface area contributed by atoms with Crippen LogP contribution >= 0.6 is 11.6 Å². The summed E-state index contributed by atoms with van der Waals surface area (Å²) in [5.41, 5.74) is 2.11. The van der Waals surface area contributed by atoms with Crippen molar-refractivity contribution in [2.24, 2.45) is 0 Å². The van der Waals surface area contributed by atoms with Crippen molar-refractivity contribution in [3.8, 4) is 5.75 Å². The van der Waals surface area contributed by atoms with E-state index in [1.54, 1.807) is 18.3 Å². The normalized spacial score (nSPS) is 9.95. The molecule has 1 heterocycles. The van der Waals surface area contributed by atoms with Gasteiger partial charge in [0, 0.05) is 6.54 Å². The molecular weight excluding hydrogens is 260 g/mol. The predicted octanol–water partition coefficient (Wildman–Crippen LogP) is 3.91. The largest absolute Gasteiger partial charge is 0.490 e. The number of nitrogens with one attached hydrogen (secondary N) is 1. The molecule has 0 bridgehead atoms. The molecule has 0 aliphatic rings. The van der Waals surface area contributed by atoms with Gasteiger partial charge in [0.05, 0.1) is 11.9 Å². The van der Waals surface area contributed by atoms with E-state index in [2.05, 4.69) is 16.9 Å². The lowest BCUT2D eigenvalue weighted by atomic mass is 10.2. The summed E-state index contributed by atoms with van der Waals surface area (Å²) in [7, 11) is 0. The summed E-state index contributed by atoms with van der Waals surface area (Å²) in [6, 6.07) is 11.6. The van der Waals surface area contributed by atoms with E-state index in [1.165, 1.54) is 5.56 Å². The molecule has 0 amide bonds. The van der Waals surface area contributed by atoms with Crippen LogP contribution in [-0.4, -0.2) is 11.6 Å². The average molecular weight is 275 g/mol. The molecule has 1 aromatic heterocycles. The van der Waals surface area contributed by atoms with Crippen molar-refractivity contribution in [3.63, 3.8) is 0 Å². The summed E-state index contributed by atoms with van der Waals surface area (Å²) in [6.07, 6.45) is 3.44. The third-order valence-electron chi connectivity index (χ3n) is 2.52. The molecule has 0 saturated carbocycles. The van der Waals surface area contributed by atoms with Crippen molar-refractivity contribution in [1.29, 1.82) is 0 Å². The van der Waals surface area contributed by atoms with E-state index in [1.807, 2.05) is 30.3 Å². The van der Waals surface area contributed by atoms with Crippen molar-refractivity contribution in [2.45, 2.75) is 6.54 Å². The molecule has 0 aliphatic carbocycles. The first-order valence-electron chi connectivity index (χ1n) is 5.96. The van der Waals surface area contributed by atoms with Crippen LogP contribution in [0.5, 0.6) is 5.75 Å². The Morgan fingerprint density at radius 3 is 2.63 bits per heavy atom. The first-order chi connectivity index (χ1) is 9.28. The van der Waals surface area contributed by atoms with Gasteiger partial charge in [0.25, 0.3) is 0 Å². The minimum atomic E-state index is 0.495. The number of hydrogen-bond donors (Lipinski definition) is 1. The summed E-state index contributed by atoms with van der Waals surface area (Å²) in [6.45, 7) is 4.86. The fourth-order valence-electron chi connectivity index (χ4n) is 1.54. The highest BCUT2D eigenvalue weighted by molar-refractivity contribution is 6.29. The molecule has 0 fully saturated rings. The maximum Gasteiger partial charge on any atom is 0.129 e. The number of ether oxygens (including phenoxy) is 1. The van der Waals surface area contributed by atoms with E-state index in [-0.39, 0.29) is 0 Å². The van der Waals surface area contributed by atoms with Crippen LogP contribution in [0.3, 0.4) is 0 Å². The van der Waals surface area contributed by atoms with E-state index in [0.29, 0.717) is 11.8 Å². The molecule has 19 heavy (non-hydrogen) atoms.